The van der Waals surface area contributed by atoms with Gasteiger partial charge in [-0.3, -0.25) is 4.98 Å². The van der Waals surface area contributed by atoms with Crippen molar-refractivity contribution in [3.05, 3.63) is 46.3 Å². The zero-order valence-corrected chi connectivity index (χ0v) is 14.8. The van der Waals surface area contributed by atoms with Crippen molar-refractivity contribution in [3.63, 3.8) is 0 Å². The Bertz CT molecular complexity index is 753. The van der Waals surface area contributed by atoms with Gasteiger partial charge in [0.25, 0.3) is 0 Å². The lowest BCUT2D eigenvalue weighted by atomic mass is 10.1. The van der Waals surface area contributed by atoms with E-state index in [2.05, 4.69) is 52.0 Å². The monoisotopic (exact) mass is 342 g/mol. The molecule has 0 unspecified atom stereocenters. The van der Waals surface area contributed by atoms with Crippen molar-refractivity contribution in [2.24, 2.45) is 0 Å². The Balaban J connectivity index is 1.63. The number of rotatable bonds is 4. The highest BCUT2D eigenvalue weighted by atomic mass is 32.1. The number of hydrogen-bond acceptors (Lipinski definition) is 4. The van der Waals surface area contributed by atoms with Crippen LogP contribution < -0.4 is 10.6 Å². The first-order valence-electron chi connectivity index (χ1n) is 8.03. The van der Waals surface area contributed by atoms with Crippen LogP contribution in [0.15, 0.2) is 41.4 Å². The van der Waals surface area contributed by atoms with Gasteiger partial charge in [-0.2, -0.15) is 0 Å². The number of amides is 2. The molecule has 3 heterocycles. The van der Waals surface area contributed by atoms with Gasteiger partial charge < -0.3 is 15.5 Å². The molecule has 6 heteroatoms. The second kappa shape index (κ2) is 7.59. The fraction of sp³-hybridized carbons (Fsp3) is 0.333. The van der Waals surface area contributed by atoms with Crippen LogP contribution in [0, 0.1) is 6.92 Å². The summed E-state index contributed by atoms with van der Waals surface area (Å²) in [5, 5.41) is 7.92. The predicted molar refractivity (Wildman–Crippen MR) is 99.5 cm³/mol. The van der Waals surface area contributed by atoms with Crippen molar-refractivity contribution < 1.29 is 4.79 Å². The molecule has 2 aromatic heterocycles. The van der Waals surface area contributed by atoms with E-state index in [0.717, 1.165) is 36.5 Å². The molecule has 0 radical (unpaired) electrons. The lowest BCUT2D eigenvalue weighted by Crippen LogP contribution is -2.33. The van der Waals surface area contributed by atoms with Crippen LogP contribution in [0.25, 0.3) is 11.3 Å². The maximum Gasteiger partial charge on any atom is 0.319 e. The fourth-order valence-corrected chi connectivity index (χ4v) is 3.33. The Kier molecular flexibility index (Phi) is 5.27. The van der Waals surface area contributed by atoms with E-state index >= 15 is 0 Å². The van der Waals surface area contributed by atoms with Gasteiger partial charge in [0.1, 0.15) is 0 Å². The van der Waals surface area contributed by atoms with Gasteiger partial charge >= 0.3 is 6.03 Å². The number of nitrogens with one attached hydrogen (secondary N) is 2. The molecule has 0 bridgehead atoms. The van der Waals surface area contributed by atoms with Crippen molar-refractivity contribution in [3.8, 4) is 11.3 Å². The molecule has 0 atom stereocenters. The molecule has 24 heavy (non-hydrogen) atoms. The van der Waals surface area contributed by atoms with Gasteiger partial charge in [0.15, 0.2) is 0 Å². The first-order valence-corrected chi connectivity index (χ1v) is 8.91. The molecule has 1 aliphatic heterocycles. The van der Waals surface area contributed by atoms with Gasteiger partial charge in [0, 0.05) is 41.7 Å². The predicted octanol–water partition coefficient (Wildman–Crippen LogP) is 3.50. The van der Waals surface area contributed by atoms with Crippen LogP contribution in [0.2, 0.25) is 0 Å². The standard InChI is InChI=1S/C18H22N4OS/c1-13-10-15(12-24-13)17-16(4-3-7-19-17)21-18(23)20-11-14-5-8-22(2)9-6-14/h3-5,7,10,12H,6,8-9,11H2,1-2H3,(H2,20,21,23). The highest BCUT2D eigenvalue weighted by Gasteiger charge is 2.12. The van der Waals surface area contributed by atoms with Gasteiger partial charge in [0.2, 0.25) is 0 Å². The van der Waals surface area contributed by atoms with Crippen molar-refractivity contribution in [2.45, 2.75) is 13.3 Å². The van der Waals surface area contributed by atoms with E-state index in [0.29, 0.717) is 6.54 Å². The van der Waals surface area contributed by atoms with Crippen molar-refractivity contribution >= 4 is 23.1 Å². The Morgan fingerprint density at radius 1 is 1.46 bits per heavy atom. The lowest BCUT2D eigenvalue weighted by molar-refractivity contribution is 0.252. The quantitative estimate of drug-likeness (QED) is 0.836. The van der Waals surface area contributed by atoms with E-state index < -0.39 is 0 Å². The molecule has 0 aromatic carbocycles. The summed E-state index contributed by atoms with van der Waals surface area (Å²) in [6.07, 6.45) is 4.94. The van der Waals surface area contributed by atoms with E-state index in [1.54, 1.807) is 17.5 Å². The molecule has 2 amide bonds. The summed E-state index contributed by atoms with van der Waals surface area (Å²) < 4.78 is 0. The zero-order chi connectivity index (χ0) is 16.9. The second-order valence-corrected chi connectivity index (χ2v) is 7.14. The molecular formula is C18H22N4OS. The Morgan fingerprint density at radius 3 is 3.04 bits per heavy atom. The van der Waals surface area contributed by atoms with E-state index in [4.69, 9.17) is 0 Å². The molecule has 3 rings (SSSR count). The zero-order valence-electron chi connectivity index (χ0n) is 14.0. The van der Waals surface area contributed by atoms with Crippen molar-refractivity contribution in [2.75, 3.05) is 32.0 Å². The summed E-state index contributed by atoms with van der Waals surface area (Å²) in [4.78, 5) is 20.1. The number of aromatic nitrogens is 1. The molecule has 5 nitrogen and oxygen atoms in total. The second-order valence-electron chi connectivity index (χ2n) is 6.03. The smallest absolute Gasteiger partial charge is 0.319 e. The molecule has 0 saturated heterocycles. The number of aryl methyl sites for hydroxylation is 1. The third kappa shape index (κ3) is 4.21. The molecule has 1 aliphatic rings. The highest BCUT2D eigenvalue weighted by Crippen LogP contribution is 2.29. The Hall–Kier alpha value is -2.18. The van der Waals surface area contributed by atoms with Crippen LogP contribution in [-0.4, -0.2) is 42.6 Å². The first-order chi connectivity index (χ1) is 11.6. The average molecular weight is 342 g/mol. The summed E-state index contributed by atoms with van der Waals surface area (Å²) in [5.41, 5.74) is 3.84. The fourth-order valence-electron chi connectivity index (χ4n) is 2.64. The third-order valence-corrected chi connectivity index (χ3v) is 4.90. The van der Waals surface area contributed by atoms with Crippen LogP contribution in [-0.2, 0) is 0 Å². The minimum absolute atomic E-state index is 0.198. The van der Waals surface area contributed by atoms with Gasteiger partial charge in [-0.05, 0) is 38.6 Å². The van der Waals surface area contributed by atoms with Crippen molar-refractivity contribution in [1.82, 2.24) is 15.2 Å². The van der Waals surface area contributed by atoms with Gasteiger partial charge in [0.05, 0.1) is 11.4 Å². The van der Waals surface area contributed by atoms with E-state index in [1.165, 1.54) is 10.5 Å². The maximum atomic E-state index is 12.2. The lowest BCUT2D eigenvalue weighted by Gasteiger charge is -2.22. The van der Waals surface area contributed by atoms with Crippen molar-refractivity contribution in [1.29, 1.82) is 0 Å². The van der Waals surface area contributed by atoms with Crippen LogP contribution in [0.3, 0.4) is 0 Å². The molecule has 2 aromatic rings. The Morgan fingerprint density at radius 2 is 2.33 bits per heavy atom. The summed E-state index contributed by atoms with van der Waals surface area (Å²) in [7, 11) is 2.10. The minimum Gasteiger partial charge on any atom is -0.334 e. The first kappa shape index (κ1) is 16.7. The maximum absolute atomic E-state index is 12.2. The molecule has 0 saturated carbocycles. The molecule has 126 valence electrons. The highest BCUT2D eigenvalue weighted by molar-refractivity contribution is 7.10. The average Bonchev–Trinajstić information content (AvgIpc) is 3.01. The summed E-state index contributed by atoms with van der Waals surface area (Å²) in [6.45, 7) is 4.64. The van der Waals surface area contributed by atoms with Crippen LogP contribution in [0.4, 0.5) is 10.5 Å². The molecule has 2 N–H and O–H groups in total. The summed E-state index contributed by atoms with van der Waals surface area (Å²) in [5.74, 6) is 0. The van der Waals surface area contributed by atoms with Gasteiger partial charge in [-0.15, -0.1) is 11.3 Å². The number of carbonyl (C=O) groups is 1. The number of urea groups is 1. The van der Waals surface area contributed by atoms with Crippen LogP contribution >= 0.6 is 11.3 Å². The van der Waals surface area contributed by atoms with Gasteiger partial charge in [-0.25, -0.2) is 4.79 Å². The SMILES string of the molecule is Cc1cc(-c2ncccc2NC(=O)NCC2=CCN(C)CC2)cs1. The molecule has 0 aliphatic carbocycles. The van der Waals surface area contributed by atoms with E-state index in [-0.39, 0.29) is 6.03 Å². The topological polar surface area (TPSA) is 57.3 Å². The number of hydrogen-bond donors (Lipinski definition) is 2. The summed E-state index contributed by atoms with van der Waals surface area (Å²) >= 11 is 1.68. The normalized spacial score (nSPS) is 15.0. The molecule has 0 fully saturated rings. The van der Waals surface area contributed by atoms with Crippen LogP contribution in [0.5, 0.6) is 0 Å². The van der Waals surface area contributed by atoms with Crippen LogP contribution in [0.1, 0.15) is 11.3 Å². The third-order valence-electron chi connectivity index (χ3n) is 4.04. The number of thiophene rings is 1. The van der Waals surface area contributed by atoms with E-state index in [1.807, 2.05) is 12.1 Å². The largest absolute Gasteiger partial charge is 0.334 e. The number of likely N-dealkylation sites (N-methyl/N-ethyl adjacent to an activating group) is 1. The Labute approximate surface area is 146 Å². The minimum atomic E-state index is -0.198. The summed E-state index contributed by atoms with van der Waals surface area (Å²) in [6, 6.07) is 5.59. The molecule has 0 spiro atoms. The van der Waals surface area contributed by atoms with Gasteiger partial charge in [-0.1, -0.05) is 11.6 Å². The number of nitrogens with zero attached hydrogens (tertiary/aromatic N) is 2. The number of anilines is 1. The molecular weight excluding hydrogens is 320 g/mol. The number of pyridine rings is 1. The van der Waals surface area contributed by atoms with E-state index in [9.17, 15) is 4.79 Å². The number of carbonyl (C=O) groups excluding carboxylic acids is 1.